The van der Waals surface area contributed by atoms with E-state index < -0.39 is 52.2 Å². The minimum atomic E-state index is -1.41. The number of hydrogen-bond acceptors (Lipinski definition) is 6. The van der Waals surface area contributed by atoms with Gasteiger partial charge in [-0.1, -0.05) is 53.5 Å². The number of carbonyl (C=O) groups is 2. The number of esters is 2. The van der Waals surface area contributed by atoms with E-state index in [1.54, 1.807) is 0 Å². The SMILES string of the molecule is CC(=O)OC[C@H]1O[C@@H]2O[C@@H](c3ccccc3)C(Cl)(Cl)[C@@H]2[C@H](Cl)[C@@H]1OC(C)=O. The molecule has 3 rings (SSSR count). The van der Waals surface area contributed by atoms with Crippen LogP contribution in [0.15, 0.2) is 30.3 Å². The van der Waals surface area contributed by atoms with Crippen LogP contribution in [-0.4, -0.2) is 46.8 Å². The maximum Gasteiger partial charge on any atom is 0.303 e. The predicted octanol–water partition coefficient (Wildman–Crippen LogP) is 3.38. The van der Waals surface area contributed by atoms with E-state index in [-0.39, 0.29) is 6.61 Å². The van der Waals surface area contributed by atoms with Crippen molar-refractivity contribution < 1.29 is 28.5 Å². The Morgan fingerprint density at radius 3 is 2.37 bits per heavy atom. The molecule has 0 saturated carbocycles. The number of ether oxygens (including phenoxy) is 4. The van der Waals surface area contributed by atoms with Gasteiger partial charge in [-0.05, 0) is 5.56 Å². The van der Waals surface area contributed by atoms with E-state index in [1.807, 2.05) is 30.3 Å². The summed E-state index contributed by atoms with van der Waals surface area (Å²) in [5.41, 5.74) is 0.768. The van der Waals surface area contributed by atoms with Gasteiger partial charge in [-0.3, -0.25) is 9.59 Å². The van der Waals surface area contributed by atoms with Crippen LogP contribution in [-0.2, 0) is 28.5 Å². The lowest BCUT2D eigenvalue weighted by molar-refractivity contribution is -0.240. The van der Waals surface area contributed by atoms with Crippen LogP contribution in [0.25, 0.3) is 0 Å². The molecule has 2 fully saturated rings. The monoisotopic (exact) mass is 436 g/mol. The molecule has 2 aliphatic heterocycles. The quantitative estimate of drug-likeness (QED) is 0.531. The highest BCUT2D eigenvalue weighted by atomic mass is 35.5. The van der Waals surface area contributed by atoms with Crippen LogP contribution in [0.1, 0.15) is 25.5 Å². The lowest BCUT2D eigenvalue weighted by atomic mass is 9.89. The van der Waals surface area contributed by atoms with Crippen LogP contribution >= 0.6 is 34.8 Å². The van der Waals surface area contributed by atoms with Crippen LogP contribution in [0, 0.1) is 5.92 Å². The molecule has 2 saturated heterocycles. The zero-order chi connectivity index (χ0) is 19.8. The first kappa shape index (κ1) is 20.7. The molecule has 0 spiro atoms. The molecule has 2 heterocycles. The minimum absolute atomic E-state index is 0.142. The summed E-state index contributed by atoms with van der Waals surface area (Å²) in [6.45, 7) is 2.38. The highest BCUT2D eigenvalue weighted by Gasteiger charge is 2.64. The molecule has 0 unspecified atom stereocenters. The summed E-state index contributed by atoms with van der Waals surface area (Å²) in [5, 5.41) is -0.808. The second kappa shape index (κ2) is 8.13. The number of halogens is 3. The standard InChI is InChI=1S/C18H19Cl3O6/c1-9(22)24-8-12-15(25-10(2)23)14(19)13-17(26-12)27-16(18(13,20)21)11-6-4-3-5-7-11/h3-7,12-17H,8H2,1-2H3/t12-,13-,14+,15-,16+,17-/m1/s1. The summed E-state index contributed by atoms with van der Waals surface area (Å²) in [4.78, 5) is 22.7. The third-order valence-corrected chi connectivity index (χ3v) is 5.97. The van der Waals surface area contributed by atoms with Gasteiger partial charge >= 0.3 is 11.9 Å². The molecule has 0 bridgehead atoms. The van der Waals surface area contributed by atoms with Crippen LogP contribution < -0.4 is 0 Å². The van der Waals surface area contributed by atoms with E-state index in [2.05, 4.69) is 0 Å². The van der Waals surface area contributed by atoms with E-state index in [0.29, 0.717) is 0 Å². The molecule has 0 aliphatic carbocycles. The van der Waals surface area contributed by atoms with Gasteiger partial charge in [0.2, 0.25) is 0 Å². The average molecular weight is 438 g/mol. The van der Waals surface area contributed by atoms with Crippen molar-refractivity contribution in [2.24, 2.45) is 5.92 Å². The molecular weight excluding hydrogens is 419 g/mol. The number of fused-ring (bicyclic) bond motifs is 1. The smallest absolute Gasteiger partial charge is 0.303 e. The minimum Gasteiger partial charge on any atom is -0.463 e. The molecule has 1 aromatic carbocycles. The van der Waals surface area contributed by atoms with Gasteiger partial charge in [-0.25, -0.2) is 0 Å². The molecular formula is C18H19Cl3O6. The third-order valence-electron chi connectivity index (χ3n) is 4.54. The van der Waals surface area contributed by atoms with Crippen molar-refractivity contribution in [1.82, 2.24) is 0 Å². The Balaban J connectivity index is 1.88. The van der Waals surface area contributed by atoms with Crippen LogP contribution in [0.2, 0.25) is 0 Å². The maximum absolute atomic E-state index is 11.5. The lowest BCUT2D eigenvalue weighted by Crippen LogP contribution is -2.57. The number of rotatable bonds is 4. The summed E-state index contributed by atoms with van der Waals surface area (Å²) in [5.74, 6) is -1.72. The van der Waals surface area contributed by atoms with E-state index in [0.717, 1.165) is 5.56 Å². The Hall–Kier alpha value is -1.05. The number of alkyl halides is 3. The average Bonchev–Trinajstić information content (AvgIpc) is 2.87. The Bertz CT molecular complexity index is 698. The molecule has 2 aliphatic rings. The molecule has 0 radical (unpaired) electrons. The van der Waals surface area contributed by atoms with Crippen molar-refractivity contribution in [3.8, 4) is 0 Å². The summed E-state index contributed by atoms with van der Waals surface area (Å²) in [7, 11) is 0. The summed E-state index contributed by atoms with van der Waals surface area (Å²) in [6, 6.07) is 9.22. The fraction of sp³-hybridized carbons (Fsp3) is 0.556. The van der Waals surface area contributed by atoms with Gasteiger partial charge in [0.05, 0.1) is 11.3 Å². The fourth-order valence-electron chi connectivity index (χ4n) is 3.40. The van der Waals surface area contributed by atoms with Crippen molar-refractivity contribution in [1.29, 1.82) is 0 Å². The molecule has 0 amide bonds. The predicted molar refractivity (Wildman–Crippen MR) is 98.7 cm³/mol. The summed E-state index contributed by atoms with van der Waals surface area (Å²) >= 11 is 20.0. The van der Waals surface area contributed by atoms with Gasteiger partial charge in [-0.2, -0.15) is 0 Å². The molecule has 0 aromatic heterocycles. The van der Waals surface area contributed by atoms with Crippen molar-refractivity contribution in [3.63, 3.8) is 0 Å². The van der Waals surface area contributed by atoms with Crippen LogP contribution in [0.4, 0.5) is 0 Å². The van der Waals surface area contributed by atoms with Gasteiger partial charge in [0.15, 0.2) is 10.6 Å². The highest BCUT2D eigenvalue weighted by molar-refractivity contribution is 6.49. The summed E-state index contributed by atoms with van der Waals surface area (Å²) < 4.78 is 20.8. The summed E-state index contributed by atoms with van der Waals surface area (Å²) in [6.07, 6.45) is -3.25. The zero-order valence-corrected chi connectivity index (χ0v) is 16.9. The lowest BCUT2D eigenvalue weighted by Gasteiger charge is -2.42. The molecule has 27 heavy (non-hydrogen) atoms. The van der Waals surface area contributed by atoms with E-state index in [9.17, 15) is 9.59 Å². The number of carbonyl (C=O) groups excluding carboxylic acids is 2. The molecule has 0 N–H and O–H groups in total. The van der Waals surface area contributed by atoms with Gasteiger partial charge in [0.1, 0.15) is 24.9 Å². The van der Waals surface area contributed by atoms with Crippen molar-refractivity contribution >= 4 is 46.7 Å². The van der Waals surface area contributed by atoms with Crippen molar-refractivity contribution in [2.75, 3.05) is 6.61 Å². The van der Waals surface area contributed by atoms with Crippen LogP contribution in [0.3, 0.4) is 0 Å². The van der Waals surface area contributed by atoms with Crippen molar-refractivity contribution in [2.45, 2.75) is 48.2 Å². The Morgan fingerprint density at radius 1 is 1.11 bits per heavy atom. The first-order chi connectivity index (χ1) is 12.7. The first-order valence-corrected chi connectivity index (χ1v) is 9.59. The first-order valence-electron chi connectivity index (χ1n) is 8.40. The fourth-order valence-corrected chi connectivity index (χ4v) is 4.89. The molecule has 9 heteroatoms. The van der Waals surface area contributed by atoms with Crippen molar-refractivity contribution in [3.05, 3.63) is 35.9 Å². The Kier molecular flexibility index (Phi) is 6.23. The van der Waals surface area contributed by atoms with Gasteiger partial charge in [-0.15, -0.1) is 11.6 Å². The molecule has 1 aromatic rings. The topological polar surface area (TPSA) is 71.1 Å². The molecule has 148 valence electrons. The van der Waals surface area contributed by atoms with Crippen LogP contribution in [0.5, 0.6) is 0 Å². The zero-order valence-electron chi connectivity index (χ0n) is 14.6. The van der Waals surface area contributed by atoms with Gasteiger partial charge in [0, 0.05) is 13.8 Å². The largest absolute Gasteiger partial charge is 0.463 e. The van der Waals surface area contributed by atoms with Gasteiger partial charge < -0.3 is 18.9 Å². The second-order valence-corrected chi connectivity index (χ2v) is 8.44. The Labute approximate surface area is 171 Å². The molecule has 6 nitrogen and oxygen atoms in total. The molecule has 6 atom stereocenters. The normalized spacial score (nSPS) is 34.6. The van der Waals surface area contributed by atoms with E-state index >= 15 is 0 Å². The maximum atomic E-state index is 11.5. The Morgan fingerprint density at radius 2 is 1.78 bits per heavy atom. The second-order valence-electron chi connectivity index (χ2n) is 6.49. The highest BCUT2D eigenvalue weighted by Crippen LogP contribution is 2.57. The van der Waals surface area contributed by atoms with E-state index in [4.69, 9.17) is 53.8 Å². The number of benzene rings is 1. The van der Waals surface area contributed by atoms with E-state index in [1.165, 1.54) is 13.8 Å². The third kappa shape index (κ3) is 4.20. The number of hydrogen-bond donors (Lipinski definition) is 0. The van der Waals surface area contributed by atoms with Gasteiger partial charge in [0.25, 0.3) is 0 Å².